The molecule has 0 fully saturated rings. The molecule has 1 aromatic rings. The zero-order valence-electron chi connectivity index (χ0n) is 10.8. The predicted molar refractivity (Wildman–Crippen MR) is 78.8 cm³/mol. The number of halogens is 1. The van der Waals surface area contributed by atoms with Crippen molar-refractivity contribution in [3.8, 4) is 0 Å². The van der Waals surface area contributed by atoms with Gasteiger partial charge in [0.1, 0.15) is 0 Å². The van der Waals surface area contributed by atoms with E-state index >= 15 is 0 Å². The maximum Gasteiger partial charge on any atom is 0.0488 e. The topological polar surface area (TPSA) is 21.3 Å². The van der Waals surface area contributed by atoms with Crippen LogP contribution in [0.25, 0.3) is 0 Å². The van der Waals surface area contributed by atoms with Crippen molar-refractivity contribution in [2.45, 2.75) is 32.7 Å². The SMILES string of the molecule is CCNC(Cc1cc(Br)cs1)CC(C)COC. The first-order chi connectivity index (χ1) is 8.15. The fourth-order valence-electron chi connectivity index (χ4n) is 2.07. The second kappa shape index (κ2) is 8.25. The number of hydrogen-bond donors (Lipinski definition) is 1. The van der Waals surface area contributed by atoms with Crippen LogP contribution in [0, 0.1) is 5.92 Å². The number of methoxy groups -OCH3 is 1. The fraction of sp³-hybridized carbons (Fsp3) is 0.692. The summed E-state index contributed by atoms with van der Waals surface area (Å²) >= 11 is 5.33. The summed E-state index contributed by atoms with van der Waals surface area (Å²) in [7, 11) is 1.77. The molecule has 0 radical (unpaired) electrons. The fourth-order valence-corrected chi connectivity index (χ4v) is 3.60. The van der Waals surface area contributed by atoms with E-state index in [9.17, 15) is 0 Å². The van der Waals surface area contributed by atoms with Crippen LogP contribution in [0.2, 0.25) is 0 Å². The van der Waals surface area contributed by atoms with Crippen LogP contribution in [0.1, 0.15) is 25.1 Å². The largest absolute Gasteiger partial charge is 0.384 e. The van der Waals surface area contributed by atoms with E-state index in [2.05, 4.69) is 46.5 Å². The lowest BCUT2D eigenvalue weighted by atomic mass is 9.99. The minimum Gasteiger partial charge on any atom is -0.384 e. The highest BCUT2D eigenvalue weighted by molar-refractivity contribution is 9.10. The maximum absolute atomic E-state index is 5.20. The number of rotatable bonds is 8. The minimum atomic E-state index is 0.552. The van der Waals surface area contributed by atoms with E-state index in [1.54, 1.807) is 7.11 Å². The highest BCUT2D eigenvalue weighted by Gasteiger charge is 2.14. The van der Waals surface area contributed by atoms with Crippen LogP contribution in [0.3, 0.4) is 0 Å². The van der Waals surface area contributed by atoms with Crippen molar-refractivity contribution in [1.29, 1.82) is 0 Å². The molecule has 0 aliphatic heterocycles. The maximum atomic E-state index is 5.20. The second-order valence-corrected chi connectivity index (χ2v) is 6.40. The number of ether oxygens (including phenoxy) is 1. The average molecular weight is 320 g/mol. The third-order valence-electron chi connectivity index (χ3n) is 2.70. The van der Waals surface area contributed by atoms with Gasteiger partial charge in [0.25, 0.3) is 0 Å². The summed E-state index contributed by atoms with van der Waals surface area (Å²) in [5, 5.41) is 5.72. The molecule has 2 unspecified atom stereocenters. The Morgan fingerprint density at radius 2 is 2.29 bits per heavy atom. The minimum absolute atomic E-state index is 0.552. The Hall–Kier alpha value is 0.1000. The predicted octanol–water partition coefficient (Wildman–Crippen LogP) is 3.70. The van der Waals surface area contributed by atoms with E-state index < -0.39 is 0 Å². The zero-order chi connectivity index (χ0) is 12.7. The molecule has 0 saturated heterocycles. The van der Waals surface area contributed by atoms with Gasteiger partial charge in [0.15, 0.2) is 0 Å². The molecule has 0 aliphatic rings. The van der Waals surface area contributed by atoms with Gasteiger partial charge >= 0.3 is 0 Å². The van der Waals surface area contributed by atoms with Crippen molar-refractivity contribution >= 4 is 27.3 Å². The molecule has 1 aromatic heterocycles. The van der Waals surface area contributed by atoms with Crippen LogP contribution >= 0.6 is 27.3 Å². The molecule has 0 amide bonds. The van der Waals surface area contributed by atoms with Crippen molar-refractivity contribution in [3.05, 3.63) is 20.8 Å². The van der Waals surface area contributed by atoms with Gasteiger partial charge in [-0.2, -0.15) is 0 Å². The van der Waals surface area contributed by atoms with Gasteiger partial charge in [0, 0.05) is 34.5 Å². The number of hydrogen-bond acceptors (Lipinski definition) is 3. The molecule has 1 heterocycles. The van der Waals surface area contributed by atoms with Gasteiger partial charge in [0.05, 0.1) is 0 Å². The first-order valence-corrected chi connectivity index (χ1v) is 7.78. The Morgan fingerprint density at radius 1 is 1.53 bits per heavy atom. The summed E-state index contributed by atoms with van der Waals surface area (Å²) in [5.41, 5.74) is 0. The number of likely N-dealkylation sites (N-methyl/N-ethyl adjacent to an activating group) is 1. The normalized spacial score (nSPS) is 14.8. The monoisotopic (exact) mass is 319 g/mol. The Morgan fingerprint density at radius 3 is 2.82 bits per heavy atom. The molecule has 0 spiro atoms. The smallest absolute Gasteiger partial charge is 0.0488 e. The van der Waals surface area contributed by atoms with E-state index in [1.807, 2.05) is 11.3 Å². The van der Waals surface area contributed by atoms with E-state index in [0.717, 1.165) is 26.0 Å². The summed E-state index contributed by atoms with van der Waals surface area (Å²) < 4.78 is 6.40. The molecular formula is C13H22BrNOS. The van der Waals surface area contributed by atoms with E-state index in [-0.39, 0.29) is 0 Å². The van der Waals surface area contributed by atoms with Crippen molar-refractivity contribution < 1.29 is 4.74 Å². The molecule has 4 heteroatoms. The van der Waals surface area contributed by atoms with Crippen LogP contribution in [0.5, 0.6) is 0 Å². The quantitative estimate of drug-likeness (QED) is 0.788. The Balaban J connectivity index is 2.47. The Bertz CT molecular complexity index is 316. The molecule has 0 saturated carbocycles. The van der Waals surface area contributed by atoms with Gasteiger partial charge in [-0.1, -0.05) is 13.8 Å². The van der Waals surface area contributed by atoms with Crippen molar-refractivity contribution in [2.24, 2.45) is 5.92 Å². The number of nitrogens with one attached hydrogen (secondary N) is 1. The lowest BCUT2D eigenvalue weighted by Crippen LogP contribution is -2.33. The molecule has 2 nitrogen and oxygen atoms in total. The molecule has 1 rings (SSSR count). The third-order valence-corrected chi connectivity index (χ3v) is 4.42. The molecule has 1 N–H and O–H groups in total. The average Bonchev–Trinajstić information content (AvgIpc) is 2.64. The first-order valence-electron chi connectivity index (χ1n) is 6.10. The zero-order valence-corrected chi connectivity index (χ0v) is 13.2. The standard InChI is InChI=1S/C13H22BrNOS/c1-4-15-12(5-10(2)8-16-3)7-13-6-11(14)9-17-13/h6,9-10,12,15H,4-5,7-8H2,1-3H3. The lowest BCUT2D eigenvalue weighted by molar-refractivity contribution is 0.149. The van der Waals surface area contributed by atoms with E-state index in [4.69, 9.17) is 4.74 Å². The summed E-state index contributed by atoms with van der Waals surface area (Å²) in [5.74, 6) is 0.604. The van der Waals surface area contributed by atoms with Crippen molar-refractivity contribution in [1.82, 2.24) is 5.32 Å². The van der Waals surface area contributed by atoms with Gasteiger partial charge in [-0.3, -0.25) is 0 Å². The lowest BCUT2D eigenvalue weighted by Gasteiger charge is -2.21. The summed E-state index contributed by atoms with van der Waals surface area (Å²) in [6.45, 7) is 6.28. The van der Waals surface area contributed by atoms with Gasteiger partial charge < -0.3 is 10.1 Å². The second-order valence-electron chi connectivity index (χ2n) is 4.49. The first kappa shape index (κ1) is 15.2. The van der Waals surface area contributed by atoms with Gasteiger partial charge in [-0.05, 0) is 47.3 Å². The van der Waals surface area contributed by atoms with Crippen LogP contribution in [-0.4, -0.2) is 26.3 Å². The Kier molecular flexibility index (Phi) is 7.35. The van der Waals surface area contributed by atoms with Crippen LogP contribution < -0.4 is 5.32 Å². The van der Waals surface area contributed by atoms with Crippen LogP contribution in [0.15, 0.2) is 15.9 Å². The molecule has 98 valence electrons. The summed E-state index contributed by atoms with van der Waals surface area (Å²) in [6, 6.07) is 2.77. The van der Waals surface area contributed by atoms with E-state index in [1.165, 1.54) is 9.35 Å². The van der Waals surface area contributed by atoms with Gasteiger partial charge in [-0.15, -0.1) is 11.3 Å². The third kappa shape index (κ3) is 6.00. The van der Waals surface area contributed by atoms with Crippen LogP contribution in [-0.2, 0) is 11.2 Å². The molecule has 17 heavy (non-hydrogen) atoms. The molecule has 0 bridgehead atoms. The number of thiophene rings is 1. The van der Waals surface area contributed by atoms with Crippen molar-refractivity contribution in [3.63, 3.8) is 0 Å². The molecule has 0 aromatic carbocycles. The molecule has 0 aliphatic carbocycles. The summed E-state index contributed by atoms with van der Waals surface area (Å²) in [4.78, 5) is 1.44. The van der Waals surface area contributed by atoms with Crippen molar-refractivity contribution in [2.75, 3.05) is 20.3 Å². The van der Waals surface area contributed by atoms with Gasteiger partial charge in [-0.25, -0.2) is 0 Å². The summed E-state index contributed by atoms with van der Waals surface area (Å²) in [6.07, 6.45) is 2.27. The molecule has 2 atom stereocenters. The Labute approximate surface area is 117 Å². The highest BCUT2D eigenvalue weighted by atomic mass is 79.9. The van der Waals surface area contributed by atoms with Gasteiger partial charge in [0.2, 0.25) is 0 Å². The highest BCUT2D eigenvalue weighted by Crippen LogP contribution is 2.22. The molecular weight excluding hydrogens is 298 g/mol. The van der Waals surface area contributed by atoms with Crippen LogP contribution in [0.4, 0.5) is 0 Å². The van der Waals surface area contributed by atoms with E-state index in [0.29, 0.717) is 12.0 Å².